The van der Waals surface area contributed by atoms with Crippen molar-refractivity contribution in [3.05, 3.63) is 41.2 Å². The molecule has 0 unspecified atom stereocenters. The third-order valence-corrected chi connectivity index (χ3v) is 4.38. The fraction of sp³-hybridized carbons (Fsp3) is 0.231. The molecule has 1 aromatic carbocycles. The highest BCUT2D eigenvalue weighted by atomic mass is 35.5. The molecule has 1 aromatic heterocycles. The van der Waals surface area contributed by atoms with Crippen LogP contribution in [-0.2, 0) is 10.0 Å². The summed E-state index contributed by atoms with van der Waals surface area (Å²) in [5, 5.41) is 0.233. The molecule has 21 heavy (non-hydrogen) atoms. The first-order valence-corrected chi connectivity index (χ1v) is 8.03. The van der Waals surface area contributed by atoms with Gasteiger partial charge in [-0.1, -0.05) is 11.6 Å². The lowest BCUT2D eigenvalue weighted by atomic mass is 10.2. The van der Waals surface area contributed by atoms with Gasteiger partial charge in [0.2, 0.25) is 5.95 Å². The van der Waals surface area contributed by atoms with Crippen LogP contribution in [0.3, 0.4) is 0 Å². The zero-order valence-electron chi connectivity index (χ0n) is 11.5. The van der Waals surface area contributed by atoms with Crippen LogP contribution < -0.4 is 9.46 Å². The molecular weight excluding hydrogens is 314 g/mol. The minimum Gasteiger partial charge on any atom is -0.492 e. The zero-order valence-corrected chi connectivity index (χ0v) is 13.1. The number of rotatable bonds is 5. The molecule has 0 bridgehead atoms. The monoisotopic (exact) mass is 327 g/mol. The van der Waals surface area contributed by atoms with E-state index in [0.29, 0.717) is 17.9 Å². The molecular formula is C13H14ClN3O3S. The molecule has 1 heterocycles. The molecule has 6 nitrogen and oxygen atoms in total. The van der Waals surface area contributed by atoms with Crippen molar-refractivity contribution < 1.29 is 13.2 Å². The summed E-state index contributed by atoms with van der Waals surface area (Å²) in [6, 6.07) is 4.54. The molecule has 0 aliphatic carbocycles. The Balaban J connectivity index is 2.39. The average molecular weight is 328 g/mol. The van der Waals surface area contributed by atoms with E-state index in [0.717, 1.165) is 0 Å². The van der Waals surface area contributed by atoms with E-state index in [2.05, 4.69) is 14.7 Å². The number of sulfonamides is 1. The lowest BCUT2D eigenvalue weighted by molar-refractivity contribution is 0.340. The summed E-state index contributed by atoms with van der Waals surface area (Å²) in [6.07, 6.45) is 2.89. The number of aromatic nitrogens is 2. The van der Waals surface area contributed by atoms with Crippen molar-refractivity contribution in [1.29, 1.82) is 0 Å². The fourth-order valence-corrected chi connectivity index (χ4v) is 3.21. The smallest absolute Gasteiger partial charge is 0.264 e. The van der Waals surface area contributed by atoms with Crippen LogP contribution in [-0.4, -0.2) is 25.0 Å². The number of aryl methyl sites for hydroxylation is 1. The van der Waals surface area contributed by atoms with Crippen LogP contribution in [0.2, 0.25) is 5.02 Å². The van der Waals surface area contributed by atoms with Crippen molar-refractivity contribution in [3.63, 3.8) is 0 Å². The summed E-state index contributed by atoms with van der Waals surface area (Å²) in [5.41, 5.74) is 0.520. The highest BCUT2D eigenvalue weighted by Crippen LogP contribution is 2.31. The summed E-state index contributed by atoms with van der Waals surface area (Å²) >= 11 is 6.04. The first kappa shape index (κ1) is 15.5. The number of nitrogens with one attached hydrogen (secondary N) is 1. The van der Waals surface area contributed by atoms with Crippen molar-refractivity contribution in [1.82, 2.24) is 9.97 Å². The molecule has 0 saturated carbocycles. The lowest BCUT2D eigenvalue weighted by Crippen LogP contribution is -2.16. The van der Waals surface area contributed by atoms with Crippen molar-refractivity contribution in [2.75, 3.05) is 11.3 Å². The Hall–Kier alpha value is -1.86. The number of nitrogens with zero attached hydrogens (tertiary/aromatic N) is 2. The third kappa shape index (κ3) is 3.62. The van der Waals surface area contributed by atoms with E-state index in [1.165, 1.54) is 18.5 Å². The van der Waals surface area contributed by atoms with Crippen LogP contribution in [0.4, 0.5) is 5.95 Å². The number of anilines is 1. The van der Waals surface area contributed by atoms with Crippen molar-refractivity contribution in [3.8, 4) is 5.75 Å². The Morgan fingerprint density at radius 1 is 1.29 bits per heavy atom. The van der Waals surface area contributed by atoms with Gasteiger partial charge in [-0.25, -0.2) is 23.1 Å². The first-order valence-electron chi connectivity index (χ1n) is 6.17. The van der Waals surface area contributed by atoms with E-state index in [4.69, 9.17) is 16.3 Å². The molecule has 0 saturated heterocycles. The van der Waals surface area contributed by atoms with Crippen molar-refractivity contribution in [2.24, 2.45) is 0 Å². The maximum Gasteiger partial charge on any atom is 0.264 e. The van der Waals surface area contributed by atoms with E-state index in [-0.39, 0.29) is 15.9 Å². The van der Waals surface area contributed by atoms with Gasteiger partial charge in [-0.3, -0.25) is 0 Å². The Labute approximate surface area is 128 Å². The standard InChI is InChI=1S/C13H14ClN3O3S/c1-3-20-11-7-9(2)12(8-10(11)14)21(18,19)17-13-15-5-4-6-16-13/h4-8H,3H2,1-2H3,(H,15,16,17). The normalized spacial score (nSPS) is 11.2. The van der Waals surface area contributed by atoms with Gasteiger partial charge in [0.15, 0.2) is 0 Å². The first-order chi connectivity index (χ1) is 9.94. The van der Waals surface area contributed by atoms with Crippen LogP contribution in [0.25, 0.3) is 0 Å². The molecule has 1 N–H and O–H groups in total. The minimum atomic E-state index is -3.81. The van der Waals surface area contributed by atoms with Crippen molar-refractivity contribution >= 4 is 27.6 Å². The van der Waals surface area contributed by atoms with E-state index >= 15 is 0 Å². The highest BCUT2D eigenvalue weighted by Gasteiger charge is 2.20. The molecule has 2 aromatic rings. The number of halogens is 1. The molecule has 0 amide bonds. The topological polar surface area (TPSA) is 81.2 Å². The molecule has 112 valence electrons. The number of ether oxygens (including phenoxy) is 1. The van der Waals surface area contributed by atoms with E-state index in [1.54, 1.807) is 19.1 Å². The van der Waals surface area contributed by atoms with Gasteiger partial charge in [0, 0.05) is 12.4 Å². The van der Waals surface area contributed by atoms with E-state index in [1.807, 2.05) is 6.92 Å². The molecule has 0 spiro atoms. The third-order valence-electron chi connectivity index (χ3n) is 2.61. The second-order valence-electron chi connectivity index (χ2n) is 4.16. The Kier molecular flexibility index (Phi) is 4.64. The van der Waals surface area contributed by atoms with Gasteiger partial charge in [0.25, 0.3) is 10.0 Å². The van der Waals surface area contributed by atoms with Crippen LogP contribution in [0.15, 0.2) is 35.5 Å². The maximum atomic E-state index is 12.4. The molecule has 0 aliphatic heterocycles. The summed E-state index contributed by atoms with van der Waals surface area (Å²) in [6.45, 7) is 3.94. The molecule has 0 aliphatic rings. The second-order valence-corrected chi connectivity index (χ2v) is 6.22. The second kappa shape index (κ2) is 6.28. The minimum absolute atomic E-state index is 0.00177. The molecule has 0 fully saturated rings. The van der Waals surface area contributed by atoms with Crippen LogP contribution in [0.1, 0.15) is 12.5 Å². The fourth-order valence-electron chi connectivity index (χ4n) is 1.72. The van der Waals surface area contributed by atoms with Gasteiger partial charge in [0.1, 0.15) is 5.75 Å². The van der Waals surface area contributed by atoms with Crippen LogP contribution in [0, 0.1) is 6.92 Å². The molecule has 2 rings (SSSR count). The largest absolute Gasteiger partial charge is 0.492 e. The molecule has 0 atom stereocenters. The summed E-state index contributed by atoms with van der Waals surface area (Å²) in [4.78, 5) is 7.72. The maximum absolute atomic E-state index is 12.4. The number of hydrogen-bond acceptors (Lipinski definition) is 5. The number of hydrogen-bond donors (Lipinski definition) is 1. The zero-order chi connectivity index (χ0) is 15.5. The highest BCUT2D eigenvalue weighted by molar-refractivity contribution is 7.92. The predicted octanol–water partition coefficient (Wildman–Crippen LogP) is 2.64. The van der Waals surface area contributed by atoms with Crippen LogP contribution >= 0.6 is 11.6 Å². The van der Waals surface area contributed by atoms with Gasteiger partial charge in [-0.05, 0) is 37.6 Å². The predicted molar refractivity (Wildman–Crippen MR) is 80.2 cm³/mol. The molecule has 8 heteroatoms. The van der Waals surface area contributed by atoms with Gasteiger partial charge in [-0.2, -0.15) is 0 Å². The number of benzene rings is 1. The summed E-state index contributed by atoms with van der Waals surface area (Å²) in [7, 11) is -3.81. The van der Waals surface area contributed by atoms with Gasteiger partial charge in [0.05, 0.1) is 16.5 Å². The van der Waals surface area contributed by atoms with Gasteiger partial charge >= 0.3 is 0 Å². The summed E-state index contributed by atoms with van der Waals surface area (Å²) in [5.74, 6) is 0.452. The Bertz CT molecular complexity index is 736. The molecule has 0 radical (unpaired) electrons. The summed E-state index contributed by atoms with van der Waals surface area (Å²) < 4.78 is 32.3. The van der Waals surface area contributed by atoms with Gasteiger partial charge in [-0.15, -0.1) is 0 Å². The van der Waals surface area contributed by atoms with Crippen LogP contribution in [0.5, 0.6) is 5.75 Å². The lowest BCUT2D eigenvalue weighted by Gasteiger charge is -2.12. The SMILES string of the molecule is CCOc1cc(C)c(S(=O)(=O)Nc2ncccn2)cc1Cl. The van der Waals surface area contributed by atoms with Crippen molar-refractivity contribution in [2.45, 2.75) is 18.7 Å². The quantitative estimate of drug-likeness (QED) is 0.913. The Morgan fingerprint density at radius 3 is 2.57 bits per heavy atom. The average Bonchev–Trinajstić information content (AvgIpc) is 2.43. The van der Waals surface area contributed by atoms with E-state index < -0.39 is 10.0 Å². The van der Waals surface area contributed by atoms with E-state index in [9.17, 15) is 8.42 Å². The van der Waals surface area contributed by atoms with Gasteiger partial charge < -0.3 is 4.74 Å². The Morgan fingerprint density at radius 2 is 1.95 bits per heavy atom.